The van der Waals surface area contributed by atoms with Gasteiger partial charge in [-0.2, -0.15) is 0 Å². The predicted octanol–water partition coefficient (Wildman–Crippen LogP) is 4.36. The summed E-state index contributed by atoms with van der Waals surface area (Å²) in [4.78, 5) is 0. The Balaban J connectivity index is 2.80. The normalized spacial score (nSPS) is 11.5. The third kappa shape index (κ3) is 4.52. The number of benzene rings is 1. The van der Waals surface area contributed by atoms with Gasteiger partial charge in [0, 0.05) is 18.7 Å². The van der Waals surface area contributed by atoms with Crippen molar-refractivity contribution in [3.8, 4) is 5.75 Å². The molecule has 1 aromatic rings. The molecular formula is C14H24O2Si. The maximum absolute atomic E-state index is 6.24. The van der Waals surface area contributed by atoms with Crippen molar-refractivity contribution in [3.63, 3.8) is 0 Å². The van der Waals surface area contributed by atoms with Gasteiger partial charge < -0.3 is 8.85 Å². The Morgan fingerprint density at radius 1 is 0.941 bits per heavy atom. The molecule has 0 radical (unpaired) electrons. The van der Waals surface area contributed by atoms with Crippen molar-refractivity contribution in [1.82, 2.24) is 0 Å². The van der Waals surface area contributed by atoms with E-state index in [0.717, 1.165) is 37.3 Å². The van der Waals surface area contributed by atoms with Crippen molar-refractivity contribution in [1.29, 1.82) is 0 Å². The van der Waals surface area contributed by atoms with Gasteiger partial charge in [0.2, 0.25) is 0 Å². The summed E-state index contributed by atoms with van der Waals surface area (Å²) in [6, 6.07) is 12.2. The highest BCUT2D eigenvalue weighted by molar-refractivity contribution is 6.68. The monoisotopic (exact) mass is 252 g/mol. The average molecular weight is 252 g/mol. The molecule has 1 rings (SSSR count). The van der Waals surface area contributed by atoms with Gasteiger partial charge in [-0.3, -0.25) is 0 Å². The molecule has 0 heterocycles. The van der Waals surface area contributed by atoms with Crippen molar-refractivity contribution in [2.24, 2.45) is 0 Å². The molecule has 2 nitrogen and oxygen atoms in total. The Kier molecular flexibility index (Phi) is 6.30. The second-order valence-corrected chi connectivity index (χ2v) is 7.57. The van der Waals surface area contributed by atoms with Gasteiger partial charge in [-0.05, 0) is 19.1 Å². The SMILES string of the molecule is CCC[Si](CCC)(OCC)Oc1ccccc1. The van der Waals surface area contributed by atoms with E-state index < -0.39 is 8.56 Å². The van der Waals surface area contributed by atoms with Crippen LogP contribution in [0.25, 0.3) is 0 Å². The zero-order chi connectivity index (χ0) is 12.6. The average Bonchev–Trinajstić information content (AvgIpc) is 2.31. The van der Waals surface area contributed by atoms with Crippen molar-refractivity contribution >= 4 is 8.56 Å². The summed E-state index contributed by atoms with van der Waals surface area (Å²) in [5.41, 5.74) is 0. The summed E-state index contributed by atoms with van der Waals surface area (Å²) < 4.78 is 12.3. The molecule has 0 aliphatic heterocycles. The fourth-order valence-corrected chi connectivity index (χ4v) is 5.55. The van der Waals surface area contributed by atoms with Gasteiger partial charge in [0.25, 0.3) is 0 Å². The number of para-hydroxylation sites is 1. The van der Waals surface area contributed by atoms with Gasteiger partial charge in [0.05, 0.1) is 0 Å². The first-order valence-electron chi connectivity index (χ1n) is 6.64. The quantitative estimate of drug-likeness (QED) is 0.640. The number of hydrogen-bond acceptors (Lipinski definition) is 2. The van der Waals surface area contributed by atoms with E-state index in [1.54, 1.807) is 0 Å². The maximum atomic E-state index is 6.24. The molecule has 0 fully saturated rings. The molecule has 0 unspecified atom stereocenters. The van der Waals surface area contributed by atoms with Crippen LogP contribution >= 0.6 is 0 Å². The van der Waals surface area contributed by atoms with Gasteiger partial charge in [-0.15, -0.1) is 0 Å². The fourth-order valence-electron chi connectivity index (χ4n) is 2.13. The smallest absolute Gasteiger partial charge is 0.398 e. The second kappa shape index (κ2) is 7.51. The third-order valence-corrected chi connectivity index (χ3v) is 6.66. The molecule has 1 aromatic carbocycles. The molecule has 3 heteroatoms. The largest absolute Gasteiger partial charge is 0.520 e. The van der Waals surface area contributed by atoms with E-state index in [2.05, 4.69) is 20.8 Å². The fraction of sp³-hybridized carbons (Fsp3) is 0.571. The van der Waals surface area contributed by atoms with Crippen molar-refractivity contribution < 1.29 is 8.85 Å². The molecular weight excluding hydrogens is 228 g/mol. The molecule has 0 aliphatic carbocycles. The highest BCUT2D eigenvalue weighted by Gasteiger charge is 2.37. The predicted molar refractivity (Wildman–Crippen MR) is 74.6 cm³/mol. The standard InChI is InChI=1S/C14H24O2Si/c1-4-12-17(13-5-2,15-6-3)16-14-10-8-7-9-11-14/h7-11H,4-6,12-13H2,1-3H3. The summed E-state index contributed by atoms with van der Waals surface area (Å²) >= 11 is 0. The second-order valence-electron chi connectivity index (χ2n) is 4.26. The van der Waals surface area contributed by atoms with Crippen LogP contribution in [0, 0.1) is 0 Å². The lowest BCUT2D eigenvalue weighted by molar-refractivity contribution is 0.248. The molecule has 0 bridgehead atoms. The van der Waals surface area contributed by atoms with Crippen LogP contribution in [0.1, 0.15) is 33.6 Å². The first kappa shape index (κ1) is 14.3. The van der Waals surface area contributed by atoms with Gasteiger partial charge in [-0.25, -0.2) is 0 Å². The number of hydrogen-bond donors (Lipinski definition) is 0. The summed E-state index contributed by atoms with van der Waals surface area (Å²) in [5.74, 6) is 0.953. The van der Waals surface area contributed by atoms with E-state index >= 15 is 0 Å². The van der Waals surface area contributed by atoms with E-state index in [1.807, 2.05) is 30.3 Å². The summed E-state index contributed by atoms with van der Waals surface area (Å²) in [7, 11) is -2.04. The first-order valence-corrected chi connectivity index (χ1v) is 8.87. The minimum atomic E-state index is -2.04. The molecule has 0 atom stereocenters. The van der Waals surface area contributed by atoms with E-state index in [0.29, 0.717) is 0 Å². The zero-order valence-corrected chi connectivity index (χ0v) is 12.2. The minimum Gasteiger partial charge on any atom is -0.520 e. The Morgan fingerprint density at radius 3 is 2.00 bits per heavy atom. The molecule has 0 amide bonds. The Morgan fingerprint density at radius 2 is 1.53 bits per heavy atom. The van der Waals surface area contributed by atoms with Crippen molar-refractivity contribution in [3.05, 3.63) is 30.3 Å². The van der Waals surface area contributed by atoms with Crippen LogP contribution in [-0.4, -0.2) is 15.2 Å². The van der Waals surface area contributed by atoms with E-state index in [-0.39, 0.29) is 0 Å². The van der Waals surface area contributed by atoms with Gasteiger partial charge in [0.1, 0.15) is 5.75 Å². The van der Waals surface area contributed by atoms with Crippen LogP contribution in [0.15, 0.2) is 30.3 Å². The molecule has 96 valence electrons. The van der Waals surface area contributed by atoms with Crippen LogP contribution in [0.4, 0.5) is 0 Å². The molecule has 0 aliphatic rings. The topological polar surface area (TPSA) is 18.5 Å². The molecule has 0 N–H and O–H groups in total. The maximum Gasteiger partial charge on any atom is 0.398 e. The molecule has 17 heavy (non-hydrogen) atoms. The molecule has 0 spiro atoms. The number of rotatable bonds is 8. The van der Waals surface area contributed by atoms with Gasteiger partial charge in [-0.1, -0.05) is 44.9 Å². The molecule has 0 saturated heterocycles. The van der Waals surface area contributed by atoms with E-state index in [1.165, 1.54) is 0 Å². The summed E-state index contributed by atoms with van der Waals surface area (Å²) in [6.45, 7) is 7.20. The lowest BCUT2D eigenvalue weighted by Crippen LogP contribution is -2.45. The van der Waals surface area contributed by atoms with Gasteiger partial charge in [0.15, 0.2) is 0 Å². The first-order chi connectivity index (χ1) is 8.26. The molecule has 0 saturated carbocycles. The van der Waals surface area contributed by atoms with Crippen LogP contribution in [-0.2, 0) is 4.43 Å². The van der Waals surface area contributed by atoms with Crippen LogP contribution in [0.5, 0.6) is 5.75 Å². The van der Waals surface area contributed by atoms with Crippen molar-refractivity contribution in [2.45, 2.75) is 45.7 Å². The van der Waals surface area contributed by atoms with Crippen LogP contribution in [0.3, 0.4) is 0 Å². The van der Waals surface area contributed by atoms with E-state index in [9.17, 15) is 0 Å². The third-order valence-electron chi connectivity index (χ3n) is 2.72. The lowest BCUT2D eigenvalue weighted by Gasteiger charge is -2.30. The molecule has 0 aromatic heterocycles. The Bertz CT molecular complexity index is 283. The van der Waals surface area contributed by atoms with Crippen molar-refractivity contribution in [2.75, 3.05) is 6.61 Å². The summed E-state index contributed by atoms with van der Waals surface area (Å²) in [5, 5.41) is 0. The highest BCUT2D eigenvalue weighted by atomic mass is 28.4. The van der Waals surface area contributed by atoms with Crippen LogP contribution in [0.2, 0.25) is 12.1 Å². The van der Waals surface area contributed by atoms with Crippen LogP contribution < -0.4 is 4.43 Å². The summed E-state index contributed by atoms with van der Waals surface area (Å²) in [6.07, 6.45) is 2.25. The lowest BCUT2D eigenvalue weighted by atomic mass is 10.3. The zero-order valence-electron chi connectivity index (χ0n) is 11.2. The Hall–Kier alpha value is -0.803. The van der Waals surface area contributed by atoms with Gasteiger partial charge >= 0.3 is 8.56 Å². The van der Waals surface area contributed by atoms with E-state index in [4.69, 9.17) is 8.85 Å². The highest BCUT2D eigenvalue weighted by Crippen LogP contribution is 2.25. The Labute approximate surface area is 106 Å². The minimum absolute atomic E-state index is 0.749.